The molecule has 0 bridgehead atoms. The van der Waals surface area contributed by atoms with Crippen molar-refractivity contribution in [2.75, 3.05) is 34.4 Å². The van der Waals surface area contributed by atoms with E-state index in [1.807, 2.05) is 26.0 Å². The fourth-order valence-corrected chi connectivity index (χ4v) is 0.931. The quantitative estimate of drug-likeness (QED) is 0.619. The summed E-state index contributed by atoms with van der Waals surface area (Å²) in [6, 6.07) is 0. The van der Waals surface area contributed by atoms with Crippen molar-refractivity contribution in [2.45, 2.75) is 38.5 Å². The third-order valence-electron chi connectivity index (χ3n) is 1.57. The molecule has 3 nitrogen and oxygen atoms in total. The van der Waals surface area contributed by atoms with E-state index in [0.717, 1.165) is 25.7 Å². The van der Waals surface area contributed by atoms with E-state index in [-0.39, 0.29) is 0 Å². The maximum atomic E-state index is 8.43. The highest BCUT2D eigenvalue weighted by atomic mass is 16.3. The molecule has 0 aromatic rings. The number of aliphatic hydroxyl groups excluding tert-OH is 2. The Labute approximate surface area is 88.7 Å². The Morgan fingerprint density at radius 3 is 1.07 bits per heavy atom. The Morgan fingerprint density at radius 2 is 0.857 bits per heavy atom. The molecule has 0 unspecified atom stereocenters. The Hall–Kier alpha value is -0.120. The molecule has 0 aliphatic carbocycles. The molecule has 0 saturated heterocycles. The highest BCUT2D eigenvalue weighted by Gasteiger charge is 1.88. The van der Waals surface area contributed by atoms with Gasteiger partial charge in [0.25, 0.3) is 0 Å². The van der Waals surface area contributed by atoms with Gasteiger partial charge in [-0.2, -0.15) is 0 Å². The van der Waals surface area contributed by atoms with Crippen LogP contribution in [0.5, 0.6) is 0 Å². The van der Waals surface area contributed by atoms with Gasteiger partial charge in [-0.15, -0.1) is 0 Å². The summed E-state index contributed by atoms with van der Waals surface area (Å²) < 4.78 is 0. The van der Waals surface area contributed by atoms with Crippen LogP contribution in [0.15, 0.2) is 0 Å². The van der Waals surface area contributed by atoms with Crippen LogP contribution in [0.3, 0.4) is 0 Å². The maximum absolute atomic E-state index is 8.43. The second kappa shape index (κ2) is 15.4. The third-order valence-corrected chi connectivity index (χ3v) is 1.57. The summed E-state index contributed by atoms with van der Waals surface area (Å²) in [6.07, 6.45) is 6.50. The first-order valence-corrected chi connectivity index (χ1v) is 5.47. The highest BCUT2D eigenvalue weighted by molar-refractivity contribution is 4.43. The number of hydrogen-bond acceptors (Lipinski definition) is 3. The van der Waals surface area contributed by atoms with E-state index >= 15 is 0 Å². The third kappa shape index (κ3) is 29.7. The van der Waals surface area contributed by atoms with Crippen molar-refractivity contribution in [1.29, 1.82) is 0 Å². The monoisotopic (exact) mass is 205 g/mol. The molecule has 0 saturated carbocycles. The van der Waals surface area contributed by atoms with E-state index in [4.69, 9.17) is 10.2 Å². The lowest BCUT2D eigenvalue weighted by molar-refractivity contribution is 0.275. The predicted molar refractivity (Wildman–Crippen MR) is 61.5 cm³/mol. The predicted octanol–water partition coefficient (Wildman–Crippen LogP) is 1.49. The largest absolute Gasteiger partial charge is 0.396 e. The number of nitrogens with zero attached hydrogens (tertiary/aromatic N) is 1. The lowest BCUT2D eigenvalue weighted by Gasteiger charge is -1.97. The van der Waals surface area contributed by atoms with Gasteiger partial charge in [0.1, 0.15) is 0 Å². The molecule has 14 heavy (non-hydrogen) atoms. The summed E-state index contributed by atoms with van der Waals surface area (Å²) in [4.78, 5) is 2.00. The van der Waals surface area contributed by atoms with Crippen LogP contribution in [0.1, 0.15) is 38.5 Å². The first-order chi connectivity index (χ1) is 6.65. The molecule has 0 radical (unpaired) electrons. The molecule has 0 heterocycles. The zero-order valence-electron chi connectivity index (χ0n) is 10.00. The second-order valence-corrected chi connectivity index (χ2v) is 3.91. The Balaban J connectivity index is 0. The van der Waals surface area contributed by atoms with Crippen molar-refractivity contribution in [1.82, 2.24) is 4.90 Å². The average molecular weight is 205 g/mol. The van der Waals surface area contributed by atoms with Crippen LogP contribution in [-0.4, -0.2) is 49.5 Å². The van der Waals surface area contributed by atoms with Crippen LogP contribution < -0.4 is 0 Å². The molecule has 0 aromatic heterocycles. The highest BCUT2D eigenvalue weighted by Crippen LogP contribution is 2.03. The van der Waals surface area contributed by atoms with Crippen molar-refractivity contribution in [3.63, 3.8) is 0 Å². The van der Waals surface area contributed by atoms with Crippen molar-refractivity contribution in [3.8, 4) is 0 Å². The summed E-state index contributed by atoms with van der Waals surface area (Å²) in [5, 5.41) is 16.9. The van der Waals surface area contributed by atoms with Gasteiger partial charge in [0.05, 0.1) is 0 Å². The maximum Gasteiger partial charge on any atom is 0.0431 e. The summed E-state index contributed by atoms with van der Waals surface area (Å²) in [5.74, 6) is 0. The van der Waals surface area contributed by atoms with Gasteiger partial charge in [-0.3, -0.25) is 0 Å². The topological polar surface area (TPSA) is 43.7 Å². The first kappa shape index (κ1) is 16.3. The summed E-state index contributed by atoms with van der Waals surface area (Å²) in [7, 11) is 6.00. The van der Waals surface area contributed by atoms with E-state index in [1.165, 1.54) is 12.8 Å². The molecular formula is C11H27NO2. The van der Waals surface area contributed by atoms with Gasteiger partial charge >= 0.3 is 0 Å². The summed E-state index contributed by atoms with van der Waals surface area (Å²) in [5.41, 5.74) is 0. The lowest BCUT2D eigenvalue weighted by Crippen LogP contribution is -1.99. The smallest absolute Gasteiger partial charge is 0.0431 e. The average Bonchev–Trinajstić information content (AvgIpc) is 2.10. The van der Waals surface area contributed by atoms with Crippen LogP contribution in [0.25, 0.3) is 0 Å². The van der Waals surface area contributed by atoms with Crippen LogP contribution >= 0.6 is 0 Å². The van der Waals surface area contributed by atoms with Crippen LogP contribution in [0.2, 0.25) is 0 Å². The summed E-state index contributed by atoms with van der Waals surface area (Å²) >= 11 is 0. The summed E-state index contributed by atoms with van der Waals surface area (Å²) in [6.45, 7) is 0.639. The zero-order valence-corrected chi connectivity index (χ0v) is 10.00. The van der Waals surface area contributed by atoms with Gasteiger partial charge in [0.2, 0.25) is 0 Å². The second-order valence-electron chi connectivity index (χ2n) is 3.91. The number of hydrogen-bond donors (Lipinski definition) is 2. The normalized spacial score (nSPS) is 9.86. The fraction of sp³-hybridized carbons (Fsp3) is 1.00. The minimum atomic E-state index is 0.319. The van der Waals surface area contributed by atoms with Crippen LogP contribution in [0, 0.1) is 0 Å². The van der Waals surface area contributed by atoms with E-state index < -0.39 is 0 Å². The Kier molecular flexibility index (Phi) is 17.9. The van der Waals surface area contributed by atoms with Gasteiger partial charge in [0, 0.05) is 13.2 Å². The number of unbranched alkanes of at least 4 members (excludes halogenated alkanes) is 5. The van der Waals surface area contributed by atoms with Crippen molar-refractivity contribution < 1.29 is 10.2 Å². The van der Waals surface area contributed by atoms with E-state index in [0.29, 0.717) is 13.2 Å². The molecule has 0 rings (SSSR count). The molecule has 0 spiro atoms. The van der Waals surface area contributed by atoms with Crippen molar-refractivity contribution >= 4 is 0 Å². The van der Waals surface area contributed by atoms with E-state index in [9.17, 15) is 0 Å². The number of aliphatic hydroxyl groups is 2. The molecule has 0 aliphatic heterocycles. The van der Waals surface area contributed by atoms with Crippen molar-refractivity contribution in [2.24, 2.45) is 0 Å². The molecule has 0 amide bonds. The van der Waals surface area contributed by atoms with Gasteiger partial charge in [0.15, 0.2) is 0 Å². The van der Waals surface area contributed by atoms with Gasteiger partial charge in [-0.1, -0.05) is 25.7 Å². The van der Waals surface area contributed by atoms with Gasteiger partial charge in [-0.05, 0) is 34.0 Å². The van der Waals surface area contributed by atoms with Crippen LogP contribution in [0.4, 0.5) is 0 Å². The van der Waals surface area contributed by atoms with Gasteiger partial charge < -0.3 is 15.1 Å². The van der Waals surface area contributed by atoms with E-state index in [2.05, 4.69) is 0 Å². The first-order valence-electron chi connectivity index (χ1n) is 5.47. The minimum Gasteiger partial charge on any atom is -0.396 e. The van der Waals surface area contributed by atoms with E-state index in [1.54, 1.807) is 0 Å². The lowest BCUT2D eigenvalue weighted by atomic mass is 10.1. The van der Waals surface area contributed by atoms with Gasteiger partial charge in [-0.25, -0.2) is 0 Å². The molecule has 88 valence electrons. The molecule has 0 atom stereocenters. The zero-order chi connectivity index (χ0) is 11.2. The number of rotatable bonds is 7. The SMILES string of the molecule is CN(C)C.OCCCCCCCCO. The fourth-order valence-electron chi connectivity index (χ4n) is 0.931. The molecule has 0 aliphatic rings. The molecule has 0 fully saturated rings. The molecule has 0 aromatic carbocycles. The molecule has 2 N–H and O–H groups in total. The molecular weight excluding hydrogens is 178 g/mol. The van der Waals surface area contributed by atoms with Crippen LogP contribution in [-0.2, 0) is 0 Å². The minimum absolute atomic E-state index is 0.319. The van der Waals surface area contributed by atoms with Crippen molar-refractivity contribution in [3.05, 3.63) is 0 Å². The standard InChI is InChI=1S/C8H18O2.C3H9N/c9-7-5-3-1-2-4-6-8-10;1-4(2)3/h9-10H,1-8H2;1-3H3. The Bertz CT molecular complexity index is 76.6. The molecule has 3 heteroatoms. The Morgan fingerprint density at radius 1 is 0.643 bits per heavy atom.